The summed E-state index contributed by atoms with van der Waals surface area (Å²) in [5.74, 6) is -0.226. The molecule has 1 rings (SSSR count). The lowest BCUT2D eigenvalue weighted by Gasteiger charge is -2.23. The molecule has 1 aromatic carbocycles. The average Bonchev–Trinajstić information content (AvgIpc) is 2.29. The largest absolute Gasteiger partial charge is 0.390 e. The van der Waals surface area contributed by atoms with Gasteiger partial charge in [-0.2, -0.15) is 0 Å². The molecule has 0 unspecified atom stereocenters. The summed E-state index contributed by atoms with van der Waals surface area (Å²) in [7, 11) is 3.28. The van der Waals surface area contributed by atoms with Gasteiger partial charge in [0.05, 0.1) is 12.7 Å². The number of aliphatic hydroxyl groups is 1. The van der Waals surface area contributed by atoms with Gasteiger partial charge in [-0.1, -0.05) is 30.3 Å². The number of hydrogen-bond donors (Lipinski definition) is 1. The molecule has 4 nitrogen and oxygen atoms in total. The number of likely N-dealkylation sites (N-methyl/N-ethyl adjacent to an activating group) is 1. The van der Waals surface area contributed by atoms with Crippen molar-refractivity contribution < 1.29 is 14.6 Å². The van der Waals surface area contributed by atoms with E-state index in [1.807, 2.05) is 30.3 Å². The van der Waals surface area contributed by atoms with Gasteiger partial charge in [-0.25, -0.2) is 0 Å². The minimum absolute atomic E-state index is 0.226. The van der Waals surface area contributed by atoms with Crippen molar-refractivity contribution in [2.24, 2.45) is 0 Å². The van der Waals surface area contributed by atoms with Crippen molar-refractivity contribution in [3.05, 3.63) is 35.9 Å². The van der Waals surface area contributed by atoms with Crippen LogP contribution in [0.15, 0.2) is 30.3 Å². The molecule has 1 aromatic rings. The second kappa shape index (κ2) is 6.37. The van der Waals surface area contributed by atoms with E-state index in [1.165, 1.54) is 4.90 Å². The van der Waals surface area contributed by atoms with E-state index in [2.05, 4.69) is 0 Å². The highest BCUT2D eigenvalue weighted by Gasteiger charge is 2.25. The highest BCUT2D eigenvalue weighted by Crippen LogP contribution is 2.08. The third-order valence-electron chi connectivity index (χ3n) is 2.39. The summed E-state index contributed by atoms with van der Waals surface area (Å²) < 4.78 is 5.47. The first-order valence-electron chi connectivity index (χ1n) is 5.57. The molecule has 0 aliphatic carbocycles. The van der Waals surface area contributed by atoms with Crippen molar-refractivity contribution in [1.29, 1.82) is 0 Å². The Morgan fingerprint density at radius 3 is 2.41 bits per heavy atom. The highest BCUT2D eigenvalue weighted by molar-refractivity contribution is 5.81. The van der Waals surface area contributed by atoms with Crippen LogP contribution in [0.25, 0.3) is 0 Å². The van der Waals surface area contributed by atoms with Gasteiger partial charge < -0.3 is 14.7 Å². The topological polar surface area (TPSA) is 49.8 Å². The van der Waals surface area contributed by atoms with E-state index in [4.69, 9.17) is 4.74 Å². The number of benzene rings is 1. The van der Waals surface area contributed by atoms with Gasteiger partial charge >= 0.3 is 0 Å². The number of carbonyl (C=O) groups is 1. The third kappa shape index (κ3) is 4.17. The first-order chi connectivity index (χ1) is 8.02. The maximum absolute atomic E-state index is 11.7. The van der Waals surface area contributed by atoms with Crippen molar-refractivity contribution in [2.75, 3.05) is 14.1 Å². The number of amides is 1. The molecule has 1 N–H and O–H groups in total. The highest BCUT2D eigenvalue weighted by atomic mass is 16.5. The maximum Gasteiger partial charge on any atom is 0.253 e. The lowest BCUT2D eigenvalue weighted by Crippen LogP contribution is -2.42. The van der Waals surface area contributed by atoms with Crippen LogP contribution in [-0.4, -0.2) is 42.2 Å². The Morgan fingerprint density at radius 2 is 1.94 bits per heavy atom. The molecule has 0 saturated heterocycles. The summed E-state index contributed by atoms with van der Waals surface area (Å²) in [6.45, 7) is 1.87. The second-order valence-corrected chi connectivity index (χ2v) is 4.19. The zero-order valence-corrected chi connectivity index (χ0v) is 10.5. The monoisotopic (exact) mass is 237 g/mol. The summed E-state index contributed by atoms with van der Waals surface area (Å²) in [5, 5.41) is 9.54. The fraction of sp³-hybridized carbons (Fsp3) is 0.462. The minimum Gasteiger partial charge on any atom is -0.390 e. The van der Waals surface area contributed by atoms with Crippen LogP contribution in [0.2, 0.25) is 0 Å². The molecule has 0 fully saturated rings. The van der Waals surface area contributed by atoms with Gasteiger partial charge in [-0.3, -0.25) is 4.79 Å². The molecule has 0 heterocycles. The first kappa shape index (κ1) is 13.7. The lowest BCUT2D eigenvalue weighted by molar-refractivity contribution is -0.149. The van der Waals surface area contributed by atoms with Gasteiger partial charge in [0.25, 0.3) is 5.91 Å². The van der Waals surface area contributed by atoms with E-state index in [0.29, 0.717) is 6.61 Å². The number of rotatable bonds is 5. The molecule has 0 aliphatic heterocycles. The summed E-state index contributed by atoms with van der Waals surface area (Å²) in [6.07, 6.45) is -1.64. The maximum atomic E-state index is 11.7. The number of carbonyl (C=O) groups excluding carboxylic acids is 1. The lowest BCUT2D eigenvalue weighted by atomic mass is 10.2. The van der Waals surface area contributed by atoms with Crippen LogP contribution in [0.4, 0.5) is 0 Å². The number of nitrogens with zero attached hydrogens (tertiary/aromatic N) is 1. The van der Waals surface area contributed by atoms with E-state index in [0.717, 1.165) is 5.56 Å². The average molecular weight is 237 g/mol. The van der Waals surface area contributed by atoms with E-state index in [9.17, 15) is 9.90 Å². The molecule has 0 radical (unpaired) electrons. The van der Waals surface area contributed by atoms with Gasteiger partial charge in [0.1, 0.15) is 0 Å². The van der Waals surface area contributed by atoms with Crippen molar-refractivity contribution in [3.8, 4) is 0 Å². The van der Waals surface area contributed by atoms with Crippen molar-refractivity contribution in [1.82, 2.24) is 4.90 Å². The zero-order chi connectivity index (χ0) is 12.8. The molecular formula is C13H19NO3. The molecular weight excluding hydrogens is 218 g/mol. The van der Waals surface area contributed by atoms with Crippen LogP contribution in [0, 0.1) is 0 Å². The van der Waals surface area contributed by atoms with Gasteiger partial charge in [-0.05, 0) is 12.5 Å². The predicted molar refractivity (Wildman–Crippen MR) is 65.4 cm³/mol. The first-order valence-corrected chi connectivity index (χ1v) is 5.57. The normalized spacial score (nSPS) is 14.1. The smallest absolute Gasteiger partial charge is 0.253 e. The van der Waals surface area contributed by atoms with Gasteiger partial charge in [-0.15, -0.1) is 0 Å². The van der Waals surface area contributed by atoms with Gasteiger partial charge in [0.15, 0.2) is 6.10 Å². The van der Waals surface area contributed by atoms with Crippen LogP contribution < -0.4 is 0 Å². The van der Waals surface area contributed by atoms with Crippen LogP contribution in [0.5, 0.6) is 0 Å². The second-order valence-electron chi connectivity index (χ2n) is 4.19. The summed E-state index contributed by atoms with van der Waals surface area (Å²) in [6, 6.07) is 9.56. The number of hydrogen-bond acceptors (Lipinski definition) is 3. The third-order valence-corrected chi connectivity index (χ3v) is 2.39. The van der Waals surface area contributed by atoms with E-state index < -0.39 is 12.2 Å². The molecule has 94 valence electrons. The molecule has 4 heteroatoms. The summed E-state index contributed by atoms with van der Waals surface area (Å²) in [4.78, 5) is 13.2. The molecule has 0 spiro atoms. The van der Waals surface area contributed by atoms with Crippen LogP contribution in [0.1, 0.15) is 12.5 Å². The number of ether oxygens (including phenoxy) is 1. The molecule has 0 bridgehead atoms. The van der Waals surface area contributed by atoms with Crippen LogP contribution >= 0.6 is 0 Å². The minimum atomic E-state index is -0.825. The van der Waals surface area contributed by atoms with Crippen molar-refractivity contribution in [2.45, 2.75) is 25.7 Å². The number of aliphatic hydroxyl groups excluding tert-OH is 1. The summed E-state index contributed by atoms with van der Waals surface area (Å²) in [5.41, 5.74) is 0.977. The summed E-state index contributed by atoms with van der Waals surface area (Å²) >= 11 is 0. The standard InChI is InChI=1S/C13H19NO3/c1-10(15)12(13(16)14(2)3)17-9-11-7-5-4-6-8-11/h4-8,10,12,15H,9H2,1-3H3/t10-,12+/m1/s1. The Balaban J connectivity index is 2.60. The Bertz CT molecular complexity index is 349. The van der Waals surface area contributed by atoms with Gasteiger partial charge in [0.2, 0.25) is 0 Å². The van der Waals surface area contributed by atoms with Crippen LogP contribution in [-0.2, 0) is 16.1 Å². The predicted octanol–water partition coefficient (Wildman–Crippen LogP) is 1.04. The Morgan fingerprint density at radius 1 is 1.35 bits per heavy atom. The Hall–Kier alpha value is -1.39. The van der Waals surface area contributed by atoms with Crippen molar-refractivity contribution >= 4 is 5.91 Å². The molecule has 0 saturated carbocycles. The molecule has 2 atom stereocenters. The van der Waals surface area contributed by atoms with Crippen LogP contribution in [0.3, 0.4) is 0 Å². The van der Waals surface area contributed by atoms with Crippen molar-refractivity contribution in [3.63, 3.8) is 0 Å². The molecule has 1 amide bonds. The fourth-order valence-corrected chi connectivity index (χ4v) is 1.43. The molecule has 0 aromatic heterocycles. The van der Waals surface area contributed by atoms with E-state index in [-0.39, 0.29) is 5.91 Å². The quantitative estimate of drug-likeness (QED) is 0.832. The SMILES string of the molecule is C[C@@H](O)[C@H](OCc1ccccc1)C(=O)N(C)C. The fourth-order valence-electron chi connectivity index (χ4n) is 1.43. The van der Waals surface area contributed by atoms with E-state index >= 15 is 0 Å². The van der Waals surface area contributed by atoms with E-state index in [1.54, 1.807) is 21.0 Å². The van der Waals surface area contributed by atoms with Gasteiger partial charge in [0, 0.05) is 14.1 Å². The molecule has 17 heavy (non-hydrogen) atoms. The Kier molecular flexibility index (Phi) is 5.12. The molecule has 0 aliphatic rings. The zero-order valence-electron chi connectivity index (χ0n) is 10.5. The Labute approximate surface area is 102 Å².